The van der Waals surface area contributed by atoms with E-state index >= 15 is 0 Å². The molecule has 0 saturated heterocycles. The molecule has 0 fully saturated rings. The number of carbonyl (C=O) groups is 2. The Morgan fingerprint density at radius 3 is 2.66 bits per heavy atom. The van der Waals surface area contributed by atoms with Gasteiger partial charge in [-0.3, -0.25) is 14.6 Å². The lowest BCUT2D eigenvalue weighted by Gasteiger charge is -2.17. The highest BCUT2D eigenvalue weighted by Crippen LogP contribution is 2.29. The smallest absolute Gasteiger partial charge is 0.248 e. The van der Waals surface area contributed by atoms with Crippen LogP contribution in [0, 0.1) is 5.82 Å². The van der Waals surface area contributed by atoms with Gasteiger partial charge < -0.3 is 15.2 Å². The molecule has 1 amide bonds. The molecule has 2 N–H and O–H groups in total. The number of fused-ring (bicyclic) bond motifs is 1. The number of carbonyl (C=O) groups excluding carboxylic acids is 2. The molecular weight excluding hydrogens is 375 g/mol. The normalized spacial score (nSPS) is 12.1. The van der Waals surface area contributed by atoms with Crippen molar-refractivity contribution in [1.29, 1.82) is 0 Å². The Kier molecular flexibility index (Phi) is 6.52. The molecule has 0 atom stereocenters. The first kappa shape index (κ1) is 20.0. The molecule has 0 radical (unpaired) electrons. The second-order valence-corrected chi connectivity index (χ2v) is 6.17. The van der Waals surface area contributed by atoms with E-state index in [1.54, 1.807) is 48.5 Å². The number of amides is 1. The maximum atomic E-state index is 13.4. The number of Topliss-reactive ketones (excluding diaryl/α,β-unsaturated/α-hetero) is 1. The fourth-order valence-electron chi connectivity index (χ4n) is 2.62. The van der Waals surface area contributed by atoms with Gasteiger partial charge in [-0.25, -0.2) is 4.39 Å². The van der Waals surface area contributed by atoms with Gasteiger partial charge in [-0.15, -0.1) is 0 Å². The van der Waals surface area contributed by atoms with E-state index in [1.807, 2.05) is 6.07 Å². The van der Waals surface area contributed by atoms with Crippen molar-refractivity contribution in [2.45, 2.75) is 13.0 Å². The number of pyridine rings is 1. The Morgan fingerprint density at radius 2 is 1.97 bits per heavy atom. The largest absolute Gasteiger partial charge is 0.492 e. The lowest BCUT2D eigenvalue weighted by Crippen LogP contribution is -2.15. The quantitative estimate of drug-likeness (QED) is 0.731. The third-order valence-corrected chi connectivity index (χ3v) is 4.15. The standard InChI is InChI=1S/C15H12FNO3.C7H7NO/c16-13-8-17-5-3-10(13)9-20-11-1-2-12-14(18)4-6-19-15(12)7-11;8-7(9)6-4-2-1-3-5-6/h1-3,5,7-8H,4,6,9H2;1-5H,(H2,8,9). The molecule has 1 aliphatic heterocycles. The van der Waals surface area contributed by atoms with Crippen molar-refractivity contribution in [2.75, 3.05) is 6.61 Å². The van der Waals surface area contributed by atoms with Crippen molar-refractivity contribution in [3.8, 4) is 11.5 Å². The molecule has 7 heteroatoms. The highest BCUT2D eigenvalue weighted by Gasteiger charge is 2.18. The molecule has 1 aromatic heterocycles. The maximum Gasteiger partial charge on any atom is 0.248 e. The van der Waals surface area contributed by atoms with E-state index in [-0.39, 0.29) is 18.3 Å². The average molecular weight is 394 g/mol. The highest BCUT2D eigenvalue weighted by atomic mass is 19.1. The minimum absolute atomic E-state index is 0.0676. The predicted octanol–water partition coefficient (Wildman–Crippen LogP) is 3.55. The molecule has 0 bridgehead atoms. The van der Waals surface area contributed by atoms with Gasteiger partial charge in [-0.1, -0.05) is 18.2 Å². The lowest BCUT2D eigenvalue weighted by molar-refractivity contribution is 0.0932. The van der Waals surface area contributed by atoms with Crippen LogP contribution in [0.1, 0.15) is 32.7 Å². The summed E-state index contributed by atoms with van der Waals surface area (Å²) in [5.74, 6) is 0.342. The van der Waals surface area contributed by atoms with E-state index in [9.17, 15) is 14.0 Å². The second-order valence-electron chi connectivity index (χ2n) is 6.17. The van der Waals surface area contributed by atoms with Crippen molar-refractivity contribution >= 4 is 11.7 Å². The number of benzene rings is 2. The average Bonchev–Trinajstić information content (AvgIpc) is 2.74. The summed E-state index contributed by atoms with van der Waals surface area (Å²) >= 11 is 0. The number of ketones is 1. The molecule has 2 heterocycles. The second kappa shape index (κ2) is 9.45. The van der Waals surface area contributed by atoms with Crippen LogP contribution in [0.5, 0.6) is 11.5 Å². The van der Waals surface area contributed by atoms with Crippen LogP contribution in [0.3, 0.4) is 0 Å². The number of halogens is 1. The van der Waals surface area contributed by atoms with E-state index in [4.69, 9.17) is 15.2 Å². The zero-order valence-electron chi connectivity index (χ0n) is 15.5. The van der Waals surface area contributed by atoms with Crippen LogP contribution >= 0.6 is 0 Å². The Hall–Kier alpha value is -3.74. The van der Waals surface area contributed by atoms with E-state index < -0.39 is 5.82 Å². The van der Waals surface area contributed by atoms with Gasteiger partial charge in [0, 0.05) is 29.8 Å². The molecule has 2 aromatic carbocycles. The van der Waals surface area contributed by atoms with Gasteiger partial charge in [0.05, 0.1) is 18.4 Å². The number of hydrogen-bond donors (Lipinski definition) is 1. The summed E-state index contributed by atoms with van der Waals surface area (Å²) in [5.41, 5.74) is 6.52. The fourth-order valence-corrected chi connectivity index (χ4v) is 2.62. The Balaban J connectivity index is 0.000000224. The molecule has 148 valence electrons. The van der Waals surface area contributed by atoms with Crippen LogP contribution in [0.4, 0.5) is 4.39 Å². The summed E-state index contributed by atoms with van der Waals surface area (Å²) in [6, 6.07) is 15.3. The molecule has 6 nitrogen and oxygen atoms in total. The predicted molar refractivity (Wildman–Crippen MR) is 104 cm³/mol. The summed E-state index contributed by atoms with van der Waals surface area (Å²) in [4.78, 5) is 25.7. The first-order valence-electron chi connectivity index (χ1n) is 8.90. The molecule has 3 aromatic rings. The van der Waals surface area contributed by atoms with Crippen LogP contribution in [-0.4, -0.2) is 23.3 Å². The third-order valence-electron chi connectivity index (χ3n) is 4.15. The summed E-state index contributed by atoms with van der Waals surface area (Å²) in [6.07, 6.45) is 3.05. The van der Waals surface area contributed by atoms with Crippen molar-refractivity contribution in [3.05, 3.63) is 89.5 Å². The van der Waals surface area contributed by atoms with Crippen molar-refractivity contribution < 1.29 is 23.5 Å². The van der Waals surface area contributed by atoms with Crippen molar-refractivity contribution in [1.82, 2.24) is 4.98 Å². The number of nitrogens with two attached hydrogens (primary N) is 1. The zero-order chi connectivity index (χ0) is 20.6. The SMILES string of the molecule is NC(=O)c1ccccc1.O=C1CCOc2cc(OCc3ccncc3F)ccc21. The molecule has 0 aliphatic carbocycles. The Morgan fingerprint density at radius 1 is 1.17 bits per heavy atom. The first-order valence-corrected chi connectivity index (χ1v) is 8.90. The molecule has 0 saturated carbocycles. The molecular formula is C22H19FN2O4. The van der Waals surface area contributed by atoms with Gasteiger partial charge >= 0.3 is 0 Å². The van der Waals surface area contributed by atoms with Gasteiger partial charge in [-0.05, 0) is 30.3 Å². The van der Waals surface area contributed by atoms with Crippen LogP contribution < -0.4 is 15.2 Å². The molecule has 4 rings (SSSR count). The number of aromatic nitrogens is 1. The summed E-state index contributed by atoms with van der Waals surface area (Å²) in [6.45, 7) is 0.482. The monoisotopic (exact) mass is 394 g/mol. The van der Waals surface area contributed by atoms with E-state index in [0.717, 1.165) is 6.20 Å². The van der Waals surface area contributed by atoms with Crippen LogP contribution in [-0.2, 0) is 6.61 Å². The molecule has 1 aliphatic rings. The van der Waals surface area contributed by atoms with Gasteiger partial charge in [0.25, 0.3) is 0 Å². The topological polar surface area (TPSA) is 91.5 Å². The van der Waals surface area contributed by atoms with E-state index in [2.05, 4.69) is 4.98 Å². The minimum Gasteiger partial charge on any atom is -0.492 e. The summed E-state index contributed by atoms with van der Waals surface area (Å²) in [5, 5.41) is 0. The van der Waals surface area contributed by atoms with Crippen LogP contribution in [0.25, 0.3) is 0 Å². The number of hydrogen-bond acceptors (Lipinski definition) is 5. The summed E-state index contributed by atoms with van der Waals surface area (Å²) in [7, 11) is 0. The van der Waals surface area contributed by atoms with Gasteiger partial charge in [0.1, 0.15) is 23.9 Å². The number of primary amides is 1. The number of ether oxygens (including phenoxy) is 2. The zero-order valence-corrected chi connectivity index (χ0v) is 15.5. The summed E-state index contributed by atoms with van der Waals surface area (Å²) < 4.78 is 24.3. The fraction of sp³-hybridized carbons (Fsp3) is 0.136. The maximum absolute atomic E-state index is 13.4. The molecule has 0 spiro atoms. The van der Waals surface area contributed by atoms with E-state index in [0.29, 0.717) is 41.2 Å². The van der Waals surface area contributed by atoms with Crippen LogP contribution in [0.15, 0.2) is 67.0 Å². The lowest BCUT2D eigenvalue weighted by atomic mass is 10.1. The first-order chi connectivity index (χ1) is 14.0. The van der Waals surface area contributed by atoms with Crippen LogP contribution in [0.2, 0.25) is 0 Å². The molecule has 0 unspecified atom stereocenters. The van der Waals surface area contributed by atoms with Crippen molar-refractivity contribution in [2.24, 2.45) is 5.73 Å². The van der Waals surface area contributed by atoms with Gasteiger partial charge in [0.2, 0.25) is 5.91 Å². The van der Waals surface area contributed by atoms with E-state index in [1.165, 1.54) is 6.20 Å². The minimum atomic E-state index is -0.406. The van der Waals surface area contributed by atoms with Gasteiger partial charge in [-0.2, -0.15) is 0 Å². The Labute approximate surface area is 167 Å². The number of nitrogens with zero attached hydrogens (tertiary/aromatic N) is 1. The van der Waals surface area contributed by atoms with Gasteiger partial charge in [0.15, 0.2) is 5.78 Å². The highest BCUT2D eigenvalue weighted by molar-refractivity contribution is 5.99. The molecule has 29 heavy (non-hydrogen) atoms. The Bertz CT molecular complexity index is 1010. The number of rotatable bonds is 4. The van der Waals surface area contributed by atoms with Crippen molar-refractivity contribution in [3.63, 3.8) is 0 Å². The third kappa shape index (κ3) is 5.38.